The number of hydrogen-bond acceptors (Lipinski definition) is 9. The number of aliphatic hydroxyl groups is 1. The first kappa shape index (κ1) is 30.0. The maximum Gasteiger partial charge on any atom is 0.408 e. The number of nitrogens with one attached hydrogen (secondary N) is 2. The summed E-state index contributed by atoms with van der Waals surface area (Å²) in [7, 11) is 1.00. The largest absolute Gasteiger partial charge is 0.444 e. The SMILES string of the molecule is CC(C)(C)OC(=O)N[C@H]1CSc2cc(F)c(-c3nnc(C(C)(C)C)o3)cc2NC1=O.CC=O.CO.[HH].[HH]. The summed E-state index contributed by atoms with van der Waals surface area (Å²) < 4.78 is 25.6. The Morgan fingerprint density at radius 1 is 1.29 bits per heavy atom. The number of rotatable bonds is 2. The van der Waals surface area contributed by atoms with E-state index in [0.29, 0.717) is 16.5 Å². The van der Waals surface area contributed by atoms with Crippen LogP contribution in [0, 0.1) is 5.82 Å². The van der Waals surface area contributed by atoms with Gasteiger partial charge in [-0.25, -0.2) is 9.18 Å². The number of aliphatic hydroxyl groups excluding tert-OH is 1. The molecule has 3 N–H and O–H groups in total. The molecule has 0 aliphatic carbocycles. The van der Waals surface area contributed by atoms with Gasteiger partial charge in [-0.05, 0) is 39.8 Å². The number of ether oxygens (including phenoxy) is 1. The Balaban J connectivity index is 0. The Hall–Kier alpha value is -2.99. The number of hydrogen-bond donors (Lipinski definition) is 3. The third kappa shape index (κ3) is 8.95. The van der Waals surface area contributed by atoms with Gasteiger partial charge in [-0.15, -0.1) is 22.0 Å². The molecule has 2 amide bonds. The average Bonchev–Trinajstić information content (AvgIpc) is 3.18. The van der Waals surface area contributed by atoms with Gasteiger partial charge in [0.1, 0.15) is 23.7 Å². The van der Waals surface area contributed by atoms with Gasteiger partial charge in [-0.1, -0.05) is 20.8 Å². The minimum atomic E-state index is -0.834. The minimum Gasteiger partial charge on any atom is -0.444 e. The fraction of sp³-hybridized carbons (Fsp3) is 0.522. The predicted octanol–water partition coefficient (Wildman–Crippen LogP) is 4.42. The van der Waals surface area contributed by atoms with Gasteiger partial charge in [-0.2, -0.15) is 0 Å². The molecule has 0 saturated carbocycles. The van der Waals surface area contributed by atoms with E-state index in [1.54, 1.807) is 20.8 Å². The molecule has 1 aliphatic heterocycles. The molecule has 1 aromatic heterocycles. The van der Waals surface area contributed by atoms with Crippen LogP contribution in [0.4, 0.5) is 14.9 Å². The van der Waals surface area contributed by atoms with Crippen molar-refractivity contribution in [2.45, 2.75) is 70.4 Å². The number of nitrogens with zero attached hydrogens (tertiary/aromatic N) is 2. The summed E-state index contributed by atoms with van der Waals surface area (Å²) >= 11 is 1.25. The molecule has 35 heavy (non-hydrogen) atoms. The fourth-order valence-corrected chi connectivity index (χ4v) is 3.63. The van der Waals surface area contributed by atoms with Gasteiger partial charge < -0.3 is 29.7 Å². The van der Waals surface area contributed by atoms with Crippen molar-refractivity contribution in [1.82, 2.24) is 15.5 Å². The Morgan fingerprint density at radius 3 is 2.40 bits per heavy atom. The van der Waals surface area contributed by atoms with Crippen molar-refractivity contribution in [1.29, 1.82) is 0 Å². The molecule has 1 atom stereocenters. The highest BCUT2D eigenvalue weighted by molar-refractivity contribution is 7.99. The summed E-state index contributed by atoms with van der Waals surface area (Å²) in [5, 5.41) is 20.2. The van der Waals surface area contributed by atoms with Gasteiger partial charge in [0.15, 0.2) is 0 Å². The molecular weight excluding hydrogens is 479 g/mol. The Bertz CT molecular complexity index is 1040. The summed E-state index contributed by atoms with van der Waals surface area (Å²) in [6.07, 6.45) is 0.0571. The summed E-state index contributed by atoms with van der Waals surface area (Å²) in [5.41, 5.74) is -0.561. The average molecular weight is 517 g/mol. The van der Waals surface area contributed by atoms with E-state index in [1.165, 1.54) is 30.8 Å². The molecule has 0 unspecified atom stereocenters. The molecule has 1 aromatic carbocycles. The minimum absolute atomic E-state index is 0. The zero-order chi connectivity index (χ0) is 27.0. The van der Waals surface area contributed by atoms with Crippen LogP contribution in [0.5, 0.6) is 0 Å². The second-order valence-electron chi connectivity index (χ2n) is 9.23. The lowest BCUT2D eigenvalue weighted by Gasteiger charge is -2.22. The van der Waals surface area contributed by atoms with Crippen molar-refractivity contribution in [2.24, 2.45) is 0 Å². The number of halogens is 1. The number of carbonyl (C=O) groups is 3. The van der Waals surface area contributed by atoms with Gasteiger partial charge in [0, 0.05) is 26.0 Å². The van der Waals surface area contributed by atoms with Crippen molar-refractivity contribution in [3.8, 4) is 11.5 Å². The van der Waals surface area contributed by atoms with Crippen LogP contribution in [0.15, 0.2) is 21.4 Å². The molecule has 0 saturated heterocycles. The van der Waals surface area contributed by atoms with Gasteiger partial charge >= 0.3 is 6.09 Å². The van der Waals surface area contributed by atoms with Crippen LogP contribution >= 0.6 is 11.8 Å². The maximum atomic E-state index is 14.7. The van der Waals surface area contributed by atoms with Crippen LogP contribution in [-0.2, 0) is 19.7 Å². The molecular formula is C23H37FN4O6S. The van der Waals surface area contributed by atoms with Crippen molar-refractivity contribution >= 4 is 35.7 Å². The standard InChI is InChI=1S/C20H25FN4O4S.C2H4O.CH4O.2H2/c1-19(2,3)17-25-24-16(28-17)10-7-12-14(8-11(10)21)30-9-13(15(26)22-12)23-18(27)29-20(4,5)6;1-2-3;1-2;;/h7-8,13H,9H2,1-6H3,(H,22,26)(H,23,27);2H,1H3;2H,1H3;2*1H/t13-;;;;/m0..../s1. The molecule has 10 nitrogen and oxygen atoms in total. The lowest BCUT2D eigenvalue weighted by molar-refractivity contribution is -0.117. The van der Waals surface area contributed by atoms with Gasteiger partial charge in [0.05, 0.1) is 11.3 Å². The lowest BCUT2D eigenvalue weighted by Crippen LogP contribution is -2.46. The van der Waals surface area contributed by atoms with Gasteiger partial charge in [0.25, 0.3) is 5.89 Å². The number of fused-ring (bicyclic) bond motifs is 1. The van der Waals surface area contributed by atoms with E-state index < -0.39 is 29.5 Å². The Morgan fingerprint density at radius 2 is 1.89 bits per heavy atom. The van der Waals surface area contributed by atoms with Crippen LogP contribution < -0.4 is 10.6 Å². The molecule has 0 spiro atoms. The molecule has 1 aliphatic rings. The van der Waals surface area contributed by atoms with Crippen LogP contribution in [0.2, 0.25) is 0 Å². The summed E-state index contributed by atoms with van der Waals surface area (Å²) in [6, 6.07) is 1.94. The number of anilines is 1. The number of thioether (sulfide) groups is 1. The third-order valence-corrected chi connectivity index (χ3v) is 5.19. The molecule has 198 valence electrons. The predicted molar refractivity (Wildman–Crippen MR) is 135 cm³/mol. The molecule has 2 aromatic rings. The highest BCUT2D eigenvalue weighted by atomic mass is 32.2. The molecule has 0 fully saturated rings. The second-order valence-corrected chi connectivity index (χ2v) is 10.3. The fourth-order valence-electron chi connectivity index (χ4n) is 2.60. The molecule has 12 heteroatoms. The highest BCUT2D eigenvalue weighted by Crippen LogP contribution is 2.36. The van der Waals surface area contributed by atoms with Crippen LogP contribution in [0.3, 0.4) is 0 Å². The topological polar surface area (TPSA) is 144 Å². The second kappa shape index (κ2) is 12.6. The third-order valence-electron chi connectivity index (χ3n) is 4.04. The van der Waals surface area contributed by atoms with Gasteiger partial charge in [0.2, 0.25) is 11.8 Å². The molecule has 0 radical (unpaired) electrons. The quantitative estimate of drug-likeness (QED) is 0.494. The van der Waals surface area contributed by atoms with E-state index in [1.807, 2.05) is 20.8 Å². The van der Waals surface area contributed by atoms with Crippen molar-refractivity contribution in [3.63, 3.8) is 0 Å². The zero-order valence-electron chi connectivity index (χ0n) is 21.2. The molecule has 2 heterocycles. The van der Waals surface area contributed by atoms with Crippen LogP contribution in [0.1, 0.15) is 57.2 Å². The number of carbonyl (C=O) groups excluding carboxylic acids is 3. The van der Waals surface area contributed by atoms with Gasteiger partial charge in [-0.3, -0.25) is 4.79 Å². The first-order valence-electron chi connectivity index (χ1n) is 10.7. The van der Waals surface area contributed by atoms with Crippen LogP contribution in [0.25, 0.3) is 11.5 Å². The van der Waals surface area contributed by atoms with Crippen molar-refractivity contribution < 1.29 is 35.9 Å². The maximum absolute atomic E-state index is 14.7. The van der Waals surface area contributed by atoms with E-state index >= 15 is 0 Å². The summed E-state index contributed by atoms with van der Waals surface area (Å²) in [5.74, 6) is -0.325. The van der Waals surface area contributed by atoms with Crippen LogP contribution in [-0.4, -0.2) is 58.1 Å². The number of benzene rings is 1. The Kier molecular flexibility index (Phi) is 10.8. The van der Waals surface area contributed by atoms with E-state index in [9.17, 15) is 14.0 Å². The first-order valence-corrected chi connectivity index (χ1v) is 11.7. The smallest absolute Gasteiger partial charge is 0.408 e. The zero-order valence-corrected chi connectivity index (χ0v) is 22.0. The number of aromatic nitrogens is 2. The van der Waals surface area contributed by atoms with Crippen molar-refractivity contribution in [2.75, 3.05) is 18.2 Å². The van der Waals surface area contributed by atoms with E-state index in [2.05, 4.69) is 20.8 Å². The normalized spacial score (nSPS) is 15.1. The number of amides is 2. The van der Waals surface area contributed by atoms with E-state index in [-0.39, 0.29) is 25.5 Å². The van der Waals surface area contributed by atoms with Crippen molar-refractivity contribution in [3.05, 3.63) is 23.8 Å². The molecule has 0 bridgehead atoms. The number of alkyl carbamates (subject to hydrolysis) is 1. The first-order chi connectivity index (χ1) is 16.2. The number of aldehydes is 1. The highest BCUT2D eigenvalue weighted by Gasteiger charge is 2.29. The summed E-state index contributed by atoms with van der Waals surface area (Å²) in [4.78, 5) is 34.0. The lowest BCUT2D eigenvalue weighted by atomic mass is 9.97. The molecule has 3 rings (SSSR count). The van der Waals surface area contributed by atoms with E-state index in [4.69, 9.17) is 19.1 Å². The van der Waals surface area contributed by atoms with E-state index in [0.717, 1.165) is 13.4 Å². The summed E-state index contributed by atoms with van der Waals surface area (Å²) in [6.45, 7) is 12.4. The monoisotopic (exact) mass is 516 g/mol. The Labute approximate surface area is 211 Å².